The van der Waals surface area contributed by atoms with Crippen molar-refractivity contribution in [3.8, 4) is 5.75 Å². The molecule has 1 aromatic carbocycles. The number of aromatic nitrogens is 1. The van der Waals surface area contributed by atoms with Crippen molar-refractivity contribution in [1.82, 2.24) is 4.98 Å². The fourth-order valence-corrected chi connectivity index (χ4v) is 1.73. The summed E-state index contributed by atoms with van der Waals surface area (Å²) in [6.07, 6.45) is 2.78. The highest BCUT2D eigenvalue weighted by Gasteiger charge is 2.12. The van der Waals surface area contributed by atoms with E-state index in [2.05, 4.69) is 4.98 Å². The Morgan fingerprint density at radius 1 is 1.18 bits per heavy atom. The standard InChI is InChI=1S/C14H15NO2/c1-10-7-8-15-9-13(10)14(16)11-3-5-12(17-2)6-4-11/h3-9,14,16H,1-2H3. The lowest BCUT2D eigenvalue weighted by atomic mass is 9.99. The summed E-state index contributed by atoms with van der Waals surface area (Å²) in [4.78, 5) is 4.04. The van der Waals surface area contributed by atoms with E-state index in [0.29, 0.717) is 0 Å². The molecule has 1 atom stereocenters. The molecule has 2 aromatic rings. The van der Waals surface area contributed by atoms with Crippen LogP contribution in [0.15, 0.2) is 42.7 Å². The zero-order valence-corrected chi connectivity index (χ0v) is 9.92. The van der Waals surface area contributed by atoms with Crippen LogP contribution in [-0.2, 0) is 0 Å². The number of ether oxygens (including phenoxy) is 1. The second-order valence-corrected chi connectivity index (χ2v) is 3.91. The van der Waals surface area contributed by atoms with Crippen LogP contribution in [0.2, 0.25) is 0 Å². The molecule has 1 heterocycles. The first-order valence-electron chi connectivity index (χ1n) is 5.45. The van der Waals surface area contributed by atoms with Gasteiger partial charge in [0.25, 0.3) is 0 Å². The summed E-state index contributed by atoms with van der Waals surface area (Å²) in [5.74, 6) is 0.781. The van der Waals surface area contributed by atoms with Crippen LogP contribution in [0, 0.1) is 6.92 Å². The first kappa shape index (κ1) is 11.6. The van der Waals surface area contributed by atoms with E-state index in [-0.39, 0.29) is 0 Å². The van der Waals surface area contributed by atoms with Crippen molar-refractivity contribution >= 4 is 0 Å². The summed E-state index contributed by atoms with van der Waals surface area (Å²) in [6, 6.07) is 9.28. The number of rotatable bonds is 3. The molecule has 0 amide bonds. The summed E-state index contributed by atoms with van der Waals surface area (Å²) in [7, 11) is 1.62. The topological polar surface area (TPSA) is 42.4 Å². The van der Waals surface area contributed by atoms with Crippen molar-refractivity contribution in [2.75, 3.05) is 7.11 Å². The van der Waals surface area contributed by atoms with Crippen molar-refractivity contribution < 1.29 is 9.84 Å². The van der Waals surface area contributed by atoms with Gasteiger partial charge >= 0.3 is 0 Å². The lowest BCUT2D eigenvalue weighted by Gasteiger charge is -2.13. The van der Waals surface area contributed by atoms with Crippen LogP contribution < -0.4 is 4.74 Å². The molecule has 0 spiro atoms. The third-order valence-corrected chi connectivity index (χ3v) is 2.81. The molecule has 17 heavy (non-hydrogen) atoms. The van der Waals surface area contributed by atoms with E-state index in [1.807, 2.05) is 37.3 Å². The summed E-state index contributed by atoms with van der Waals surface area (Å²) in [5, 5.41) is 10.3. The predicted molar refractivity (Wildman–Crippen MR) is 66.0 cm³/mol. The van der Waals surface area contributed by atoms with E-state index in [9.17, 15) is 5.11 Å². The maximum atomic E-state index is 10.3. The van der Waals surface area contributed by atoms with Gasteiger partial charge in [0.2, 0.25) is 0 Å². The van der Waals surface area contributed by atoms with Crippen molar-refractivity contribution in [2.24, 2.45) is 0 Å². The van der Waals surface area contributed by atoms with E-state index in [1.165, 1.54) is 0 Å². The number of aliphatic hydroxyl groups excluding tert-OH is 1. The van der Waals surface area contributed by atoms with Gasteiger partial charge in [-0.05, 0) is 36.2 Å². The van der Waals surface area contributed by atoms with Crippen LogP contribution >= 0.6 is 0 Å². The number of hydrogen-bond acceptors (Lipinski definition) is 3. The molecule has 1 aromatic heterocycles. The molecular formula is C14H15NO2. The van der Waals surface area contributed by atoms with Crippen LogP contribution in [0.25, 0.3) is 0 Å². The van der Waals surface area contributed by atoms with E-state index < -0.39 is 6.10 Å². The number of hydrogen-bond donors (Lipinski definition) is 1. The maximum absolute atomic E-state index is 10.3. The highest BCUT2D eigenvalue weighted by molar-refractivity contribution is 5.35. The summed E-state index contributed by atoms with van der Waals surface area (Å²) in [6.45, 7) is 1.96. The van der Waals surface area contributed by atoms with Crippen molar-refractivity contribution in [3.05, 3.63) is 59.4 Å². The summed E-state index contributed by atoms with van der Waals surface area (Å²) >= 11 is 0. The summed E-state index contributed by atoms with van der Waals surface area (Å²) < 4.78 is 5.08. The minimum atomic E-state index is -0.644. The molecule has 88 valence electrons. The van der Waals surface area contributed by atoms with Gasteiger partial charge in [0.05, 0.1) is 7.11 Å². The van der Waals surface area contributed by atoms with Crippen LogP contribution in [0.3, 0.4) is 0 Å². The average molecular weight is 229 g/mol. The first-order chi connectivity index (χ1) is 8.22. The second kappa shape index (κ2) is 4.97. The van der Waals surface area contributed by atoms with Crippen LogP contribution in [0.5, 0.6) is 5.75 Å². The molecule has 1 N–H and O–H groups in total. The Kier molecular flexibility index (Phi) is 3.40. The van der Waals surface area contributed by atoms with Gasteiger partial charge in [-0.2, -0.15) is 0 Å². The third-order valence-electron chi connectivity index (χ3n) is 2.81. The Hall–Kier alpha value is -1.87. The van der Waals surface area contributed by atoms with E-state index >= 15 is 0 Å². The molecule has 0 radical (unpaired) electrons. The van der Waals surface area contributed by atoms with Gasteiger partial charge in [0, 0.05) is 18.0 Å². The number of methoxy groups -OCH3 is 1. The van der Waals surface area contributed by atoms with Crippen LogP contribution in [0.1, 0.15) is 22.8 Å². The monoisotopic (exact) mass is 229 g/mol. The van der Waals surface area contributed by atoms with Gasteiger partial charge in [-0.15, -0.1) is 0 Å². The lowest BCUT2D eigenvalue weighted by molar-refractivity contribution is 0.219. The molecule has 0 fully saturated rings. The van der Waals surface area contributed by atoms with Gasteiger partial charge in [-0.25, -0.2) is 0 Å². The molecule has 1 unspecified atom stereocenters. The maximum Gasteiger partial charge on any atom is 0.118 e. The van der Waals surface area contributed by atoms with E-state index in [0.717, 1.165) is 22.4 Å². The van der Waals surface area contributed by atoms with Gasteiger partial charge in [0.15, 0.2) is 0 Å². The zero-order valence-electron chi connectivity index (χ0n) is 9.92. The van der Waals surface area contributed by atoms with Crippen molar-refractivity contribution in [1.29, 1.82) is 0 Å². The van der Waals surface area contributed by atoms with Crippen molar-refractivity contribution in [2.45, 2.75) is 13.0 Å². The van der Waals surface area contributed by atoms with Crippen LogP contribution in [-0.4, -0.2) is 17.2 Å². The number of aryl methyl sites for hydroxylation is 1. The predicted octanol–water partition coefficient (Wildman–Crippen LogP) is 2.48. The van der Waals surface area contributed by atoms with E-state index in [1.54, 1.807) is 19.5 Å². The van der Waals surface area contributed by atoms with E-state index in [4.69, 9.17) is 4.74 Å². The Morgan fingerprint density at radius 2 is 1.88 bits per heavy atom. The molecule has 0 saturated carbocycles. The molecule has 0 saturated heterocycles. The van der Waals surface area contributed by atoms with Crippen LogP contribution in [0.4, 0.5) is 0 Å². The summed E-state index contributed by atoms with van der Waals surface area (Å²) in [5.41, 5.74) is 2.70. The minimum absolute atomic E-state index is 0.644. The number of aliphatic hydroxyl groups is 1. The lowest BCUT2D eigenvalue weighted by Crippen LogP contribution is -2.02. The highest BCUT2D eigenvalue weighted by atomic mass is 16.5. The Bertz CT molecular complexity index is 494. The van der Waals surface area contributed by atoms with Crippen molar-refractivity contribution in [3.63, 3.8) is 0 Å². The SMILES string of the molecule is COc1ccc(C(O)c2cnccc2C)cc1. The first-order valence-corrected chi connectivity index (χ1v) is 5.45. The molecule has 2 rings (SSSR count). The van der Waals surface area contributed by atoms with Gasteiger partial charge in [-0.3, -0.25) is 4.98 Å². The largest absolute Gasteiger partial charge is 0.497 e. The molecular weight excluding hydrogens is 214 g/mol. The quantitative estimate of drug-likeness (QED) is 0.879. The molecule has 0 bridgehead atoms. The molecule has 3 nitrogen and oxygen atoms in total. The van der Waals surface area contributed by atoms with Gasteiger partial charge in [0.1, 0.15) is 11.9 Å². The second-order valence-electron chi connectivity index (χ2n) is 3.91. The number of nitrogens with zero attached hydrogens (tertiary/aromatic N) is 1. The highest BCUT2D eigenvalue weighted by Crippen LogP contribution is 2.25. The molecule has 0 aliphatic rings. The zero-order chi connectivity index (χ0) is 12.3. The number of pyridine rings is 1. The molecule has 0 aliphatic carbocycles. The Labute approximate surface area is 101 Å². The van der Waals surface area contributed by atoms with Gasteiger partial charge < -0.3 is 9.84 Å². The average Bonchev–Trinajstić information content (AvgIpc) is 2.39. The normalized spacial score (nSPS) is 12.2. The fourth-order valence-electron chi connectivity index (χ4n) is 1.73. The van der Waals surface area contributed by atoms with Gasteiger partial charge in [-0.1, -0.05) is 12.1 Å². The molecule has 3 heteroatoms. The Morgan fingerprint density at radius 3 is 2.47 bits per heavy atom. The molecule has 0 aliphatic heterocycles. The minimum Gasteiger partial charge on any atom is -0.497 e. The fraction of sp³-hybridized carbons (Fsp3) is 0.214. The number of benzene rings is 1. The third kappa shape index (κ3) is 2.45. The smallest absolute Gasteiger partial charge is 0.118 e. The Balaban J connectivity index is 2.30.